The van der Waals surface area contributed by atoms with Crippen molar-refractivity contribution in [1.29, 1.82) is 0 Å². The highest BCUT2D eigenvalue weighted by Crippen LogP contribution is 2.26. The number of aromatic nitrogens is 3. The number of hydrogen-bond donors (Lipinski definition) is 0. The lowest BCUT2D eigenvalue weighted by molar-refractivity contribution is 0.0754. The van der Waals surface area contributed by atoms with Crippen LogP contribution in [0.25, 0.3) is 0 Å². The summed E-state index contributed by atoms with van der Waals surface area (Å²) in [6.45, 7) is 12.8. The van der Waals surface area contributed by atoms with Crippen LogP contribution < -0.4 is 0 Å². The van der Waals surface area contributed by atoms with Gasteiger partial charge in [-0.3, -0.25) is 14.4 Å². The summed E-state index contributed by atoms with van der Waals surface area (Å²) in [4.78, 5) is 21.9. The van der Waals surface area contributed by atoms with Crippen LogP contribution >= 0.6 is 11.3 Å². The van der Waals surface area contributed by atoms with Crippen LogP contribution in [0.2, 0.25) is 0 Å². The van der Waals surface area contributed by atoms with Gasteiger partial charge in [0.05, 0.1) is 10.7 Å². The maximum atomic E-state index is 12.7. The first-order chi connectivity index (χ1) is 12.2. The summed E-state index contributed by atoms with van der Waals surface area (Å²) < 4.78 is 1.76. The Bertz CT molecular complexity index is 754. The molecule has 2 aromatic heterocycles. The quantitative estimate of drug-likeness (QED) is 0.828. The fourth-order valence-corrected chi connectivity index (χ4v) is 4.01. The molecular formula is C19H29N5OS. The monoisotopic (exact) mass is 375 g/mol. The summed E-state index contributed by atoms with van der Waals surface area (Å²) in [5, 5.41) is 7.69. The highest BCUT2D eigenvalue weighted by molar-refractivity contribution is 7.09. The molecule has 6 nitrogen and oxygen atoms in total. The molecule has 0 radical (unpaired) electrons. The van der Waals surface area contributed by atoms with E-state index < -0.39 is 0 Å². The summed E-state index contributed by atoms with van der Waals surface area (Å²) in [7, 11) is 1.87. The van der Waals surface area contributed by atoms with Crippen molar-refractivity contribution in [3.8, 4) is 0 Å². The predicted octanol–water partition coefficient (Wildman–Crippen LogP) is 2.83. The van der Waals surface area contributed by atoms with Crippen molar-refractivity contribution >= 4 is 17.2 Å². The second-order valence-corrected chi connectivity index (χ2v) is 8.97. The van der Waals surface area contributed by atoms with Gasteiger partial charge >= 0.3 is 0 Å². The zero-order chi connectivity index (χ0) is 18.9. The van der Waals surface area contributed by atoms with Gasteiger partial charge in [-0.1, -0.05) is 20.8 Å². The number of rotatable bonds is 3. The first-order valence-electron chi connectivity index (χ1n) is 9.21. The average Bonchev–Trinajstić information content (AvgIpc) is 3.08. The molecule has 26 heavy (non-hydrogen) atoms. The predicted molar refractivity (Wildman–Crippen MR) is 105 cm³/mol. The molecule has 3 rings (SSSR count). The van der Waals surface area contributed by atoms with E-state index in [1.165, 1.54) is 5.01 Å². The van der Waals surface area contributed by atoms with Gasteiger partial charge in [-0.15, -0.1) is 11.3 Å². The highest BCUT2D eigenvalue weighted by Gasteiger charge is 2.23. The van der Waals surface area contributed by atoms with Gasteiger partial charge in [0.2, 0.25) is 0 Å². The fourth-order valence-electron chi connectivity index (χ4n) is 3.11. The van der Waals surface area contributed by atoms with Gasteiger partial charge < -0.3 is 4.90 Å². The third-order valence-corrected chi connectivity index (χ3v) is 6.10. The first kappa shape index (κ1) is 19.0. The molecule has 1 aliphatic heterocycles. The van der Waals surface area contributed by atoms with Gasteiger partial charge in [-0.25, -0.2) is 4.98 Å². The molecule has 0 spiro atoms. The van der Waals surface area contributed by atoms with E-state index in [2.05, 4.69) is 36.1 Å². The van der Waals surface area contributed by atoms with Crippen LogP contribution in [0.15, 0.2) is 11.4 Å². The lowest BCUT2D eigenvalue weighted by Crippen LogP contribution is -2.35. The van der Waals surface area contributed by atoms with Crippen LogP contribution in [-0.4, -0.2) is 56.7 Å². The number of amides is 1. The lowest BCUT2D eigenvalue weighted by atomic mass is 9.98. The zero-order valence-corrected chi connectivity index (χ0v) is 17.3. The molecule has 0 bridgehead atoms. The van der Waals surface area contributed by atoms with Crippen molar-refractivity contribution in [1.82, 2.24) is 24.6 Å². The molecular weight excluding hydrogens is 346 g/mol. The van der Waals surface area contributed by atoms with Gasteiger partial charge in [0.25, 0.3) is 5.91 Å². The van der Waals surface area contributed by atoms with E-state index in [0.29, 0.717) is 5.69 Å². The van der Waals surface area contributed by atoms with Gasteiger partial charge in [-0.05, 0) is 19.4 Å². The summed E-state index contributed by atoms with van der Waals surface area (Å²) >= 11 is 1.74. The van der Waals surface area contributed by atoms with Crippen molar-refractivity contribution in [3.63, 3.8) is 0 Å². The van der Waals surface area contributed by atoms with E-state index in [4.69, 9.17) is 4.98 Å². The first-order valence-corrected chi connectivity index (χ1v) is 10.1. The molecule has 0 saturated carbocycles. The van der Waals surface area contributed by atoms with Crippen LogP contribution in [0.4, 0.5) is 0 Å². The molecule has 2 aromatic rings. The number of carbonyl (C=O) groups excluding carboxylic acids is 1. The maximum Gasteiger partial charge on any atom is 0.274 e. The van der Waals surface area contributed by atoms with E-state index >= 15 is 0 Å². The lowest BCUT2D eigenvalue weighted by Gasteiger charge is -2.21. The number of aryl methyl sites for hydroxylation is 2. The van der Waals surface area contributed by atoms with Crippen molar-refractivity contribution in [2.75, 3.05) is 26.2 Å². The van der Waals surface area contributed by atoms with Crippen molar-refractivity contribution in [2.24, 2.45) is 7.05 Å². The maximum absolute atomic E-state index is 12.7. The second kappa shape index (κ2) is 7.48. The molecule has 7 heteroatoms. The van der Waals surface area contributed by atoms with Gasteiger partial charge in [0.15, 0.2) is 5.69 Å². The topological polar surface area (TPSA) is 54.3 Å². The molecule has 1 amide bonds. The second-order valence-electron chi connectivity index (χ2n) is 8.11. The number of hydrogen-bond acceptors (Lipinski definition) is 5. The van der Waals surface area contributed by atoms with Crippen LogP contribution in [0.5, 0.6) is 0 Å². The number of nitrogens with zero attached hydrogens (tertiary/aromatic N) is 5. The minimum atomic E-state index is 0.0410. The minimum Gasteiger partial charge on any atom is -0.336 e. The minimum absolute atomic E-state index is 0.0410. The van der Waals surface area contributed by atoms with E-state index in [-0.39, 0.29) is 11.3 Å². The zero-order valence-electron chi connectivity index (χ0n) is 16.4. The Hall–Kier alpha value is -1.73. The Kier molecular flexibility index (Phi) is 5.48. The van der Waals surface area contributed by atoms with Crippen LogP contribution in [0.1, 0.15) is 54.1 Å². The highest BCUT2D eigenvalue weighted by atomic mass is 32.1. The molecule has 0 N–H and O–H groups in total. The Morgan fingerprint density at radius 2 is 2.00 bits per heavy atom. The Balaban J connectivity index is 1.59. The molecule has 1 fully saturated rings. The van der Waals surface area contributed by atoms with Crippen molar-refractivity contribution in [3.05, 3.63) is 33.5 Å². The third kappa shape index (κ3) is 4.32. The normalized spacial score (nSPS) is 16.7. The molecule has 3 heterocycles. The smallest absolute Gasteiger partial charge is 0.274 e. The van der Waals surface area contributed by atoms with Crippen molar-refractivity contribution < 1.29 is 4.79 Å². The van der Waals surface area contributed by atoms with Gasteiger partial charge in [0, 0.05) is 56.3 Å². The van der Waals surface area contributed by atoms with Crippen molar-refractivity contribution in [2.45, 2.75) is 46.1 Å². The van der Waals surface area contributed by atoms with Crippen LogP contribution in [0, 0.1) is 6.92 Å². The number of thiazole rings is 1. The summed E-state index contributed by atoms with van der Waals surface area (Å²) in [6, 6.07) is 1.87. The number of carbonyl (C=O) groups is 1. The van der Waals surface area contributed by atoms with Crippen LogP contribution in [-0.2, 0) is 19.0 Å². The Morgan fingerprint density at radius 3 is 2.62 bits per heavy atom. The third-order valence-electron chi connectivity index (χ3n) is 4.79. The van der Waals surface area contributed by atoms with E-state index in [1.807, 2.05) is 24.9 Å². The van der Waals surface area contributed by atoms with E-state index in [1.54, 1.807) is 16.0 Å². The molecule has 0 aliphatic carbocycles. The molecule has 0 aromatic carbocycles. The Labute approximate surface area is 159 Å². The SMILES string of the molecule is Cc1cc(C(=O)N2CCCN(Cc3csc(C(C)(C)C)n3)CC2)nn1C. The Morgan fingerprint density at radius 1 is 1.23 bits per heavy atom. The van der Waals surface area contributed by atoms with Gasteiger partial charge in [0.1, 0.15) is 0 Å². The average molecular weight is 376 g/mol. The van der Waals surface area contributed by atoms with Gasteiger partial charge in [-0.2, -0.15) is 5.10 Å². The molecule has 0 unspecified atom stereocenters. The standard InChI is InChI=1S/C19H29N5OS/c1-14-11-16(21-22(14)5)17(25)24-8-6-7-23(9-10-24)12-15-13-26-18(20-15)19(2,3)4/h11,13H,6-10,12H2,1-5H3. The largest absolute Gasteiger partial charge is 0.336 e. The van der Waals surface area contributed by atoms with Crippen LogP contribution in [0.3, 0.4) is 0 Å². The van der Waals surface area contributed by atoms with E-state index in [9.17, 15) is 4.79 Å². The molecule has 142 valence electrons. The fraction of sp³-hybridized carbons (Fsp3) is 0.632. The molecule has 1 saturated heterocycles. The molecule has 1 aliphatic rings. The molecule has 0 atom stereocenters. The van der Waals surface area contributed by atoms with E-state index in [0.717, 1.165) is 50.5 Å². The summed E-state index contributed by atoms with van der Waals surface area (Å²) in [5.74, 6) is 0.0410. The summed E-state index contributed by atoms with van der Waals surface area (Å²) in [6.07, 6.45) is 0.980. The summed E-state index contributed by atoms with van der Waals surface area (Å²) in [5.41, 5.74) is 2.79.